The first-order valence-electron chi connectivity index (χ1n) is 9.16. The highest BCUT2D eigenvalue weighted by molar-refractivity contribution is 5.98. The van der Waals surface area contributed by atoms with Crippen LogP contribution in [0.15, 0.2) is 48.5 Å². The number of nitrogens with zero attached hydrogens (tertiary/aromatic N) is 1. The van der Waals surface area contributed by atoms with E-state index >= 15 is 0 Å². The van der Waals surface area contributed by atoms with Crippen molar-refractivity contribution in [2.24, 2.45) is 0 Å². The van der Waals surface area contributed by atoms with Crippen LogP contribution in [0.3, 0.4) is 0 Å². The molecule has 1 aliphatic heterocycles. The highest BCUT2D eigenvalue weighted by atomic mass is 16.5. The Balaban J connectivity index is 1.58. The van der Waals surface area contributed by atoms with E-state index in [1.807, 2.05) is 48.5 Å². The first-order valence-corrected chi connectivity index (χ1v) is 9.16. The zero-order valence-corrected chi connectivity index (χ0v) is 14.9. The van der Waals surface area contributed by atoms with Gasteiger partial charge in [0.25, 0.3) is 0 Å². The fourth-order valence-corrected chi connectivity index (χ4v) is 3.88. The molecule has 2 aromatic carbocycles. The third-order valence-corrected chi connectivity index (χ3v) is 5.22. The predicted molar refractivity (Wildman–Crippen MR) is 100 cm³/mol. The molecule has 0 radical (unpaired) electrons. The molecule has 0 aromatic heterocycles. The largest absolute Gasteiger partial charge is 0.394 e. The van der Waals surface area contributed by atoms with E-state index in [4.69, 9.17) is 4.74 Å². The number of aliphatic hydroxyl groups is 1. The number of rotatable bonds is 4. The maximum absolute atomic E-state index is 13.1. The fourth-order valence-electron chi connectivity index (χ4n) is 3.88. The Hall–Kier alpha value is -2.70. The molecule has 1 heterocycles. The van der Waals surface area contributed by atoms with Crippen LogP contribution in [0.5, 0.6) is 0 Å². The van der Waals surface area contributed by atoms with Crippen LogP contribution >= 0.6 is 0 Å². The number of aliphatic hydroxyl groups excluding tert-OH is 1. The molecule has 140 valence electrons. The number of carbonyl (C=O) groups is 2. The zero-order valence-electron chi connectivity index (χ0n) is 14.9. The summed E-state index contributed by atoms with van der Waals surface area (Å²) in [4.78, 5) is 27.4. The van der Waals surface area contributed by atoms with E-state index < -0.39 is 18.6 Å². The molecule has 0 spiro atoms. The first-order chi connectivity index (χ1) is 13.2. The molecule has 0 saturated carbocycles. The van der Waals surface area contributed by atoms with Gasteiger partial charge in [-0.1, -0.05) is 48.5 Å². The first kappa shape index (κ1) is 17.7. The average Bonchev–Trinajstić information content (AvgIpc) is 3.06. The van der Waals surface area contributed by atoms with Crippen molar-refractivity contribution in [1.82, 2.24) is 10.2 Å². The van der Waals surface area contributed by atoms with Crippen molar-refractivity contribution >= 4 is 11.8 Å². The van der Waals surface area contributed by atoms with Crippen LogP contribution in [-0.4, -0.2) is 60.8 Å². The topological polar surface area (TPSA) is 78.9 Å². The maximum atomic E-state index is 13.1. The number of benzene rings is 2. The molecule has 27 heavy (non-hydrogen) atoms. The number of ether oxygens (including phenoxy) is 1. The van der Waals surface area contributed by atoms with Crippen LogP contribution < -0.4 is 5.32 Å². The summed E-state index contributed by atoms with van der Waals surface area (Å²) in [5.74, 6) is -1.02. The molecule has 6 heteroatoms. The number of amides is 2. The molecule has 1 saturated heterocycles. The van der Waals surface area contributed by atoms with E-state index in [0.29, 0.717) is 26.3 Å². The van der Waals surface area contributed by atoms with Crippen LogP contribution in [0, 0.1) is 0 Å². The average molecular weight is 366 g/mol. The van der Waals surface area contributed by atoms with Gasteiger partial charge in [0.1, 0.15) is 6.04 Å². The maximum Gasteiger partial charge on any atom is 0.247 e. The van der Waals surface area contributed by atoms with E-state index in [2.05, 4.69) is 5.32 Å². The van der Waals surface area contributed by atoms with Gasteiger partial charge in [0, 0.05) is 13.1 Å². The molecule has 4 rings (SSSR count). The summed E-state index contributed by atoms with van der Waals surface area (Å²) in [6, 6.07) is 14.7. The molecule has 2 N–H and O–H groups in total. The summed E-state index contributed by atoms with van der Waals surface area (Å²) in [5.41, 5.74) is 3.92. The third kappa shape index (κ3) is 3.22. The number of hydrogen-bond acceptors (Lipinski definition) is 4. The second-order valence-corrected chi connectivity index (χ2v) is 6.79. The van der Waals surface area contributed by atoms with Gasteiger partial charge in [0.05, 0.1) is 25.7 Å². The third-order valence-electron chi connectivity index (χ3n) is 5.22. The summed E-state index contributed by atoms with van der Waals surface area (Å²) in [6.45, 7) is 1.46. The van der Waals surface area contributed by atoms with Gasteiger partial charge in [-0.3, -0.25) is 9.59 Å². The Labute approximate surface area is 157 Å². The van der Waals surface area contributed by atoms with Crippen molar-refractivity contribution in [3.8, 4) is 11.1 Å². The molecule has 1 atom stereocenters. The standard InChI is InChI=1S/C21H22N2O4/c24-13-18(21(26)23-9-11-27-12-10-23)22-20(25)19-16-7-3-1-5-14(16)15-6-2-4-8-17(15)19/h1-8,18-19,24H,9-13H2,(H,22,25)/t18-/m0/s1. The van der Waals surface area contributed by atoms with Crippen molar-refractivity contribution in [3.05, 3.63) is 59.7 Å². The lowest BCUT2D eigenvalue weighted by atomic mass is 9.95. The minimum atomic E-state index is -0.949. The lowest BCUT2D eigenvalue weighted by Crippen LogP contribution is -2.54. The van der Waals surface area contributed by atoms with Crippen molar-refractivity contribution in [2.75, 3.05) is 32.9 Å². The monoisotopic (exact) mass is 366 g/mol. The normalized spacial score (nSPS) is 17.1. The van der Waals surface area contributed by atoms with Crippen molar-refractivity contribution < 1.29 is 19.4 Å². The highest BCUT2D eigenvalue weighted by Crippen LogP contribution is 2.44. The minimum Gasteiger partial charge on any atom is -0.394 e. The van der Waals surface area contributed by atoms with E-state index in [9.17, 15) is 14.7 Å². The van der Waals surface area contributed by atoms with Crippen molar-refractivity contribution in [1.29, 1.82) is 0 Å². The molecule has 2 amide bonds. The molecule has 2 aliphatic rings. The fraction of sp³-hybridized carbons (Fsp3) is 0.333. The zero-order chi connectivity index (χ0) is 18.8. The molecule has 2 aromatic rings. The molecule has 1 aliphatic carbocycles. The number of carbonyl (C=O) groups excluding carboxylic acids is 2. The van der Waals surface area contributed by atoms with Crippen LogP contribution in [-0.2, 0) is 14.3 Å². The van der Waals surface area contributed by atoms with Crippen LogP contribution in [0.25, 0.3) is 11.1 Å². The predicted octanol–water partition coefficient (Wildman–Crippen LogP) is 1.13. The SMILES string of the molecule is O=C(N[C@@H](CO)C(=O)N1CCOCC1)C1c2ccccc2-c2ccccc21. The summed E-state index contributed by atoms with van der Waals surface area (Å²) in [5, 5.41) is 12.5. The summed E-state index contributed by atoms with van der Waals surface area (Å²) in [6.07, 6.45) is 0. The van der Waals surface area contributed by atoms with Gasteiger partial charge >= 0.3 is 0 Å². The lowest BCUT2D eigenvalue weighted by molar-refractivity contribution is -0.141. The Bertz CT molecular complexity index is 815. The molecular formula is C21H22N2O4. The lowest BCUT2D eigenvalue weighted by Gasteiger charge is -2.30. The number of nitrogens with one attached hydrogen (secondary N) is 1. The smallest absolute Gasteiger partial charge is 0.247 e. The van der Waals surface area contributed by atoms with E-state index in [-0.39, 0.29) is 11.8 Å². The number of morpholine rings is 1. The Morgan fingerprint density at radius 3 is 2.15 bits per heavy atom. The van der Waals surface area contributed by atoms with Crippen LogP contribution in [0.4, 0.5) is 0 Å². The Morgan fingerprint density at radius 2 is 1.59 bits per heavy atom. The van der Waals surface area contributed by atoms with Gasteiger partial charge in [0.15, 0.2) is 0 Å². The van der Waals surface area contributed by atoms with E-state index in [1.54, 1.807) is 4.90 Å². The van der Waals surface area contributed by atoms with E-state index in [1.165, 1.54) is 0 Å². The molecule has 0 unspecified atom stereocenters. The van der Waals surface area contributed by atoms with Gasteiger partial charge < -0.3 is 20.1 Å². The Kier molecular flexibility index (Phi) is 4.92. The van der Waals surface area contributed by atoms with Crippen LogP contribution in [0.2, 0.25) is 0 Å². The second kappa shape index (κ2) is 7.50. The van der Waals surface area contributed by atoms with Crippen molar-refractivity contribution in [3.63, 3.8) is 0 Å². The van der Waals surface area contributed by atoms with E-state index in [0.717, 1.165) is 22.3 Å². The molecular weight excluding hydrogens is 344 g/mol. The Morgan fingerprint density at radius 1 is 1.04 bits per heavy atom. The van der Waals surface area contributed by atoms with Gasteiger partial charge in [-0.05, 0) is 22.3 Å². The molecule has 0 bridgehead atoms. The number of fused-ring (bicyclic) bond motifs is 3. The van der Waals surface area contributed by atoms with Gasteiger partial charge in [-0.25, -0.2) is 0 Å². The van der Waals surface area contributed by atoms with Gasteiger partial charge in [-0.2, -0.15) is 0 Å². The summed E-state index contributed by atoms with van der Waals surface area (Å²) < 4.78 is 5.26. The molecule has 1 fully saturated rings. The van der Waals surface area contributed by atoms with Crippen LogP contribution in [0.1, 0.15) is 17.0 Å². The van der Waals surface area contributed by atoms with Gasteiger partial charge in [0.2, 0.25) is 11.8 Å². The number of hydrogen-bond donors (Lipinski definition) is 2. The summed E-state index contributed by atoms with van der Waals surface area (Å²) >= 11 is 0. The van der Waals surface area contributed by atoms with Crippen molar-refractivity contribution in [2.45, 2.75) is 12.0 Å². The van der Waals surface area contributed by atoms with Gasteiger partial charge in [-0.15, -0.1) is 0 Å². The minimum absolute atomic E-state index is 0.270. The second-order valence-electron chi connectivity index (χ2n) is 6.79. The highest BCUT2D eigenvalue weighted by Gasteiger charge is 2.36. The molecule has 6 nitrogen and oxygen atoms in total. The summed E-state index contributed by atoms with van der Waals surface area (Å²) in [7, 11) is 0. The quantitative estimate of drug-likeness (QED) is 0.850.